The summed E-state index contributed by atoms with van der Waals surface area (Å²) in [6, 6.07) is 4.85. The lowest BCUT2D eigenvalue weighted by Gasteiger charge is -2.02. The Hall–Kier alpha value is -1.94. The van der Waals surface area contributed by atoms with Gasteiger partial charge in [0.25, 0.3) is 0 Å². The van der Waals surface area contributed by atoms with Crippen LogP contribution in [0.2, 0.25) is 0 Å². The van der Waals surface area contributed by atoms with Gasteiger partial charge in [0.05, 0.1) is 11.3 Å². The Kier molecular flexibility index (Phi) is 3.81. The molecule has 1 rings (SSSR count). The molecule has 7 heteroatoms. The van der Waals surface area contributed by atoms with Gasteiger partial charge in [-0.05, 0) is 17.7 Å². The zero-order chi connectivity index (χ0) is 13.1. The van der Waals surface area contributed by atoms with Crippen molar-refractivity contribution in [1.82, 2.24) is 0 Å². The molecule has 1 aromatic rings. The lowest BCUT2D eigenvalue weighted by Crippen LogP contribution is -2.17. The van der Waals surface area contributed by atoms with E-state index < -0.39 is 33.1 Å². The predicted molar refractivity (Wildman–Crippen MR) is 56.2 cm³/mol. The van der Waals surface area contributed by atoms with Crippen LogP contribution in [-0.2, 0) is 20.4 Å². The third-order valence-corrected chi connectivity index (χ3v) is 3.34. The first kappa shape index (κ1) is 13.1. The van der Waals surface area contributed by atoms with Crippen molar-refractivity contribution < 1.29 is 22.7 Å². The van der Waals surface area contributed by atoms with Gasteiger partial charge in [0.1, 0.15) is 17.6 Å². The number of halogens is 1. The van der Waals surface area contributed by atoms with Gasteiger partial charge in [-0.2, -0.15) is 5.26 Å². The molecule has 0 aromatic heterocycles. The zero-order valence-corrected chi connectivity index (χ0v) is 9.37. The average Bonchev–Trinajstić information content (AvgIpc) is 2.18. The van der Waals surface area contributed by atoms with Crippen molar-refractivity contribution in [2.75, 3.05) is 5.75 Å². The maximum atomic E-state index is 12.9. The fourth-order valence-electron chi connectivity index (χ4n) is 1.24. The van der Waals surface area contributed by atoms with E-state index >= 15 is 0 Å². The van der Waals surface area contributed by atoms with E-state index in [0.717, 1.165) is 12.1 Å². The smallest absolute Gasteiger partial charge is 0.318 e. The lowest BCUT2D eigenvalue weighted by atomic mass is 10.1. The summed E-state index contributed by atoms with van der Waals surface area (Å²) in [4.78, 5) is 10.3. The summed E-state index contributed by atoms with van der Waals surface area (Å²) in [6.07, 6.45) is 0. The molecule has 0 aliphatic heterocycles. The molecule has 0 amide bonds. The van der Waals surface area contributed by atoms with Gasteiger partial charge >= 0.3 is 5.97 Å². The van der Waals surface area contributed by atoms with Crippen LogP contribution < -0.4 is 0 Å². The number of carboxylic acid groups (broad SMARTS) is 1. The molecule has 0 fully saturated rings. The minimum absolute atomic E-state index is 0.184. The molecule has 90 valence electrons. The third kappa shape index (κ3) is 3.85. The standard InChI is InChI=1S/C10H8FNO4S/c11-9-2-1-7(3-8(9)4-12)5-17(15,16)6-10(13)14/h1-3H,5-6H2,(H,13,14). The Morgan fingerprint density at radius 3 is 2.65 bits per heavy atom. The first-order valence-electron chi connectivity index (χ1n) is 4.45. The molecule has 0 saturated carbocycles. The molecule has 1 aromatic carbocycles. The molecule has 0 atom stereocenters. The highest BCUT2D eigenvalue weighted by molar-refractivity contribution is 7.91. The number of nitrogens with zero attached hydrogens (tertiary/aromatic N) is 1. The van der Waals surface area contributed by atoms with Crippen LogP contribution in [0.15, 0.2) is 18.2 Å². The fraction of sp³-hybridized carbons (Fsp3) is 0.200. The van der Waals surface area contributed by atoms with Crippen molar-refractivity contribution in [3.63, 3.8) is 0 Å². The Labute approximate surface area is 97.0 Å². The van der Waals surface area contributed by atoms with E-state index in [2.05, 4.69) is 0 Å². The Bertz CT molecular complexity index is 589. The van der Waals surface area contributed by atoms with Gasteiger partial charge in [0, 0.05) is 0 Å². The number of hydrogen-bond acceptors (Lipinski definition) is 4. The highest BCUT2D eigenvalue weighted by Crippen LogP contribution is 2.12. The van der Waals surface area contributed by atoms with Crippen LogP contribution in [0.1, 0.15) is 11.1 Å². The number of sulfone groups is 1. The van der Waals surface area contributed by atoms with Gasteiger partial charge in [-0.15, -0.1) is 0 Å². The van der Waals surface area contributed by atoms with Gasteiger partial charge < -0.3 is 5.11 Å². The molecule has 0 bridgehead atoms. The van der Waals surface area contributed by atoms with Crippen molar-refractivity contribution in [1.29, 1.82) is 5.26 Å². The molecule has 0 unspecified atom stereocenters. The second-order valence-electron chi connectivity index (χ2n) is 3.35. The highest BCUT2D eigenvalue weighted by Gasteiger charge is 2.17. The fourth-order valence-corrected chi connectivity index (χ4v) is 2.41. The highest BCUT2D eigenvalue weighted by atomic mass is 32.2. The van der Waals surface area contributed by atoms with Crippen LogP contribution in [-0.4, -0.2) is 25.2 Å². The van der Waals surface area contributed by atoms with Gasteiger partial charge in [0.2, 0.25) is 0 Å². The minimum atomic E-state index is -3.80. The molecule has 0 spiro atoms. The summed E-state index contributed by atoms with van der Waals surface area (Å²) in [5, 5.41) is 16.9. The monoisotopic (exact) mass is 257 g/mol. The van der Waals surface area contributed by atoms with Gasteiger partial charge in [-0.3, -0.25) is 4.79 Å². The number of hydrogen-bond donors (Lipinski definition) is 1. The number of rotatable bonds is 4. The maximum Gasteiger partial charge on any atom is 0.318 e. The molecule has 0 saturated heterocycles. The van der Waals surface area contributed by atoms with Gasteiger partial charge in [0.15, 0.2) is 9.84 Å². The molecule has 17 heavy (non-hydrogen) atoms. The predicted octanol–water partition coefficient (Wildman–Crippen LogP) is 0.697. The first-order chi connectivity index (χ1) is 7.84. The summed E-state index contributed by atoms with van der Waals surface area (Å²) in [7, 11) is -3.80. The quantitative estimate of drug-likeness (QED) is 0.856. The molecule has 0 radical (unpaired) electrons. The second kappa shape index (κ2) is 4.93. The van der Waals surface area contributed by atoms with Gasteiger partial charge in [-0.25, -0.2) is 12.8 Å². The lowest BCUT2D eigenvalue weighted by molar-refractivity contribution is -0.134. The summed E-state index contributed by atoms with van der Waals surface area (Å²) >= 11 is 0. The van der Waals surface area contributed by atoms with Crippen LogP contribution in [0.4, 0.5) is 4.39 Å². The largest absolute Gasteiger partial charge is 0.480 e. The van der Waals surface area contributed by atoms with Crippen LogP contribution in [0.3, 0.4) is 0 Å². The summed E-state index contributed by atoms with van der Waals surface area (Å²) in [5.41, 5.74) is -0.0859. The number of carboxylic acids is 1. The number of aliphatic carboxylic acids is 1. The number of benzene rings is 1. The minimum Gasteiger partial charge on any atom is -0.480 e. The topological polar surface area (TPSA) is 95.2 Å². The van der Waals surface area contributed by atoms with Crippen LogP contribution >= 0.6 is 0 Å². The third-order valence-electron chi connectivity index (χ3n) is 1.88. The summed E-state index contributed by atoms with van der Waals surface area (Å²) in [6.45, 7) is 0. The van der Waals surface area contributed by atoms with Crippen molar-refractivity contribution in [2.45, 2.75) is 5.75 Å². The van der Waals surface area contributed by atoms with Crippen molar-refractivity contribution in [3.8, 4) is 6.07 Å². The molecular formula is C10H8FNO4S. The Balaban J connectivity index is 2.97. The van der Waals surface area contributed by atoms with E-state index in [1.807, 2.05) is 0 Å². The molecule has 1 N–H and O–H groups in total. The summed E-state index contributed by atoms with van der Waals surface area (Å²) in [5.74, 6) is -3.72. The van der Waals surface area contributed by atoms with E-state index in [-0.39, 0.29) is 11.1 Å². The zero-order valence-electron chi connectivity index (χ0n) is 8.55. The van der Waals surface area contributed by atoms with E-state index in [0.29, 0.717) is 0 Å². The molecule has 0 heterocycles. The van der Waals surface area contributed by atoms with Crippen LogP contribution in [0, 0.1) is 17.1 Å². The van der Waals surface area contributed by atoms with Crippen molar-refractivity contribution in [3.05, 3.63) is 35.1 Å². The molecule has 0 aliphatic rings. The number of nitriles is 1. The summed E-state index contributed by atoms with van der Waals surface area (Å²) < 4.78 is 35.6. The van der Waals surface area contributed by atoms with Crippen molar-refractivity contribution >= 4 is 15.8 Å². The van der Waals surface area contributed by atoms with E-state index in [1.165, 1.54) is 6.07 Å². The SMILES string of the molecule is N#Cc1cc(CS(=O)(=O)CC(=O)O)ccc1F. The van der Waals surface area contributed by atoms with E-state index in [1.54, 1.807) is 6.07 Å². The maximum absolute atomic E-state index is 12.9. The molecular weight excluding hydrogens is 249 g/mol. The van der Waals surface area contributed by atoms with Crippen molar-refractivity contribution in [2.24, 2.45) is 0 Å². The molecule has 0 aliphatic carbocycles. The Morgan fingerprint density at radius 1 is 1.47 bits per heavy atom. The molecule has 5 nitrogen and oxygen atoms in total. The normalized spacial score (nSPS) is 10.8. The van der Waals surface area contributed by atoms with E-state index in [9.17, 15) is 17.6 Å². The number of carbonyl (C=O) groups is 1. The first-order valence-corrected chi connectivity index (χ1v) is 6.27. The average molecular weight is 257 g/mol. The van der Waals surface area contributed by atoms with Crippen LogP contribution in [0.25, 0.3) is 0 Å². The Morgan fingerprint density at radius 2 is 2.12 bits per heavy atom. The van der Waals surface area contributed by atoms with E-state index in [4.69, 9.17) is 10.4 Å². The second-order valence-corrected chi connectivity index (χ2v) is 5.42. The van der Waals surface area contributed by atoms with Crippen LogP contribution in [0.5, 0.6) is 0 Å². The van der Waals surface area contributed by atoms with Gasteiger partial charge in [-0.1, -0.05) is 6.07 Å².